The summed E-state index contributed by atoms with van der Waals surface area (Å²) >= 11 is 0. The van der Waals surface area contributed by atoms with Gasteiger partial charge in [0, 0.05) is 36.1 Å². The number of nitrogens with one attached hydrogen (secondary N) is 2. The Bertz CT molecular complexity index is 1370. The van der Waals surface area contributed by atoms with Gasteiger partial charge >= 0.3 is 6.36 Å². The lowest BCUT2D eigenvalue weighted by Crippen LogP contribution is -2.51. The van der Waals surface area contributed by atoms with Gasteiger partial charge in [0.1, 0.15) is 5.54 Å². The zero-order valence-electron chi connectivity index (χ0n) is 20.6. The maximum atomic E-state index is 14.0. The largest absolute Gasteiger partial charge is 0.573 e. The molecule has 1 aromatic heterocycles. The number of amides is 2. The van der Waals surface area contributed by atoms with Gasteiger partial charge in [-0.1, -0.05) is 12.1 Å². The molecule has 1 saturated heterocycles. The highest BCUT2D eigenvalue weighted by Crippen LogP contribution is 2.44. The molecule has 12 heteroatoms. The third-order valence-electron chi connectivity index (χ3n) is 6.69. The number of morpholine rings is 1. The number of carbonyl (C=O) groups excluding carboxylic acids is 2. The summed E-state index contributed by atoms with van der Waals surface area (Å²) in [6.45, 7) is 2.00. The van der Waals surface area contributed by atoms with Crippen LogP contribution in [0.4, 0.5) is 28.9 Å². The fraction of sp³-hybridized carbons (Fsp3) is 0.296. The van der Waals surface area contributed by atoms with Crippen molar-refractivity contribution in [2.45, 2.75) is 24.7 Å². The van der Waals surface area contributed by atoms with Crippen LogP contribution in [0.25, 0.3) is 11.1 Å². The van der Waals surface area contributed by atoms with Crippen LogP contribution >= 0.6 is 0 Å². The Morgan fingerprint density at radius 1 is 1.00 bits per heavy atom. The molecule has 0 atom stereocenters. The number of pyridine rings is 1. The molecule has 0 bridgehead atoms. The highest BCUT2D eigenvalue weighted by Gasteiger charge is 2.54. The van der Waals surface area contributed by atoms with Gasteiger partial charge in [-0.25, -0.2) is 4.98 Å². The SMILES string of the molecule is O=C(Nc1ccc(-c2cccnc2F)cc1)c1ccc(OC(F)(F)F)c(NC(=O)C2(N3CCOCC3)CC2)c1. The number of benzene rings is 2. The monoisotopic (exact) mass is 544 g/mol. The van der Waals surface area contributed by atoms with Gasteiger partial charge in [0.25, 0.3) is 5.91 Å². The summed E-state index contributed by atoms with van der Waals surface area (Å²) in [4.78, 5) is 31.7. The average molecular weight is 545 g/mol. The molecule has 0 spiro atoms. The fourth-order valence-electron chi connectivity index (χ4n) is 4.56. The minimum absolute atomic E-state index is 0.00146. The molecule has 1 aliphatic carbocycles. The Balaban J connectivity index is 1.34. The standard InChI is InChI=1S/C27H24F4N4O4/c28-23-20(2-1-11-32-23)17-3-6-19(7-4-17)33-24(36)18-5-8-22(39-27(29,30)31)21(16-18)34-25(37)26(9-10-26)35-12-14-38-15-13-35/h1-8,11,16H,9-10,12-15H2,(H,33,36)(H,34,37). The molecule has 2 heterocycles. The predicted molar refractivity (Wildman–Crippen MR) is 134 cm³/mol. The molecule has 0 radical (unpaired) electrons. The van der Waals surface area contributed by atoms with Crippen molar-refractivity contribution in [2.24, 2.45) is 0 Å². The number of nitrogens with zero attached hydrogens (tertiary/aromatic N) is 2. The van der Waals surface area contributed by atoms with E-state index in [9.17, 15) is 27.2 Å². The second-order valence-corrected chi connectivity index (χ2v) is 9.22. The first-order chi connectivity index (χ1) is 18.6. The summed E-state index contributed by atoms with van der Waals surface area (Å²) in [6.07, 6.45) is -2.54. The van der Waals surface area contributed by atoms with E-state index in [1.807, 2.05) is 4.90 Å². The quantitative estimate of drug-likeness (QED) is 0.327. The number of hydrogen-bond donors (Lipinski definition) is 2. The first-order valence-electron chi connectivity index (χ1n) is 12.2. The molecule has 2 N–H and O–H groups in total. The Labute approximate surface area is 220 Å². The topological polar surface area (TPSA) is 92.8 Å². The Kier molecular flexibility index (Phi) is 7.23. The molecule has 2 aliphatic rings. The van der Waals surface area contributed by atoms with Crippen molar-refractivity contribution in [3.63, 3.8) is 0 Å². The van der Waals surface area contributed by atoms with E-state index in [4.69, 9.17) is 4.74 Å². The summed E-state index contributed by atoms with van der Waals surface area (Å²) in [5.74, 6) is -2.36. The van der Waals surface area contributed by atoms with Crippen LogP contribution in [0.2, 0.25) is 0 Å². The minimum atomic E-state index is -5.00. The highest BCUT2D eigenvalue weighted by molar-refractivity contribution is 6.07. The van der Waals surface area contributed by atoms with Gasteiger partial charge in [-0.15, -0.1) is 13.2 Å². The minimum Gasteiger partial charge on any atom is -0.404 e. The van der Waals surface area contributed by atoms with Crippen molar-refractivity contribution in [1.82, 2.24) is 9.88 Å². The van der Waals surface area contributed by atoms with Crippen molar-refractivity contribution < 1.29 is 36.6 Å². The number of ether oxygens (including phenoxy) is 2. The molecule has 2 aromatic carbocycles. The molecule has 39 heavy (non-hydrogen) atoms. The van der Waals surface area contributed by atoms with E-state index >= 15 is 0 Å². The lowest BCUT2D eigenvalue weighted by molar-refractivity contribution is -0.274. The smallest absolute Gasteiger partial charge is 0.404 e. The maximum Gasteiger partial charge on any atom is 0.573 e. The number of carbonyl (C=O) groups is 2. The zero-order valence-corrected chi connectivity index (χ0v) is 20.6. The third-order valence-corrected chi connectivity index (χ3v) is 6.69. The first-order valence-corrected chi connectivity index (χ1v) is 12.2. The number of anilines is 2. The van der Waals surface area contributed by atoms with E-state index in [0.717, 1.165) is 12.1 Å². The lowest BCUT2D eigenvalue weighted by Gasteiger charge is -2.34. The van der Waals surface area contributed by atoms with Crippen LogP contribution in [-0.4, -0.2) is 59.9 Å². The van der Waals surface area contributed by atoms with Crippen LogP contribution in [0.3, 0.4) is 0 Å². The molecule has 204 valence electrons. The summed E-state index contributed by atoms with van der Waals surface area (Å²) in [6, 6.07) is 12.8. The molecular formula is C27H24F4N4O4. The molecule has 0 unspecified atom stereocenters. The first kappa shape index (κ1) is 26.6. The third kappa shape index (κ3) is 6.02. The van der Waals surface area contributed by atoms with E-state index < -0.39 is 35.4 Å². The zero-order chi connectivity index (χ0) is 27.6. The second kappa shape index (κ2) is 10.6. The molecule has 1 saturated carbocycles. The number of halogens is 4. The van der Waals surface area contributed by atoms with Crippen LogP contribution in [0, 0.1) is 5.95 Å². The Morgan fingerprint density at radius 2 is 1.72 bits per heavy atom. The highest BCUT2D eigenvalue weighted by atomic mass is 19.4. The van der Waals surface area contributed by atoms with Gasteiger partial charge in [0.05, 0.1) is 18.9 Å². The molecular weight excluding hydrogens is 520 g/mol. The summed E-state index contributed by atoms with van der Waals surface area (Å²) in [5, 5.41) is 5.20. The normalized spacial score (nSPS) is 16.8. The van der Waals surface area contributed by atoms with Gasteiger partial charge in [0.2, 0.25) is 11.9 Å². The molecule has 2 fully saturated rings. The molecule has 1 aliphatic heterocycles. The maximum absolute atomic E-state index is 14.0. The number of rotatable bonds is 7. The summed E-state index contributed by atoms with van der Waals surface area (Å²) in [7, 11) is 0. The van der Waals surface area contributed by atoms with Gasteiger partial charge in [0.15, 0.2) is 5.75 Å². The van der Waals surface area contributed by atoms with Gasteiger partial charge < -0.3 is 20.1 Å². The van der Waals surface area contributed by atoms with E-state index in [0.29, 0.717) is 56.0 Å². The average Bonchev–Trinajstić information content (AvgIpc) is 3.73. The summed E-state index contributed by atoms with van der Waals surface area (Å²) in [5.41, 5.74) is 0.115. The Hall–Kier alpha value is -4.03. The number of alkyl halides is 3. The number of aromatic nitrogens is 1. The van der Waals surface area contributed by atoms with Crippen molar-refractivity contribution in [3.05, 3.63) is 72.3 Å². The predicted octanol–water partition coefficient (Wildman–Crippen LogP) is 4.84. The van der Waals surface area contributed by atoms with Crippen molar-refractivity contribution in [1.29, 1.82) is 0 Å². The number of hydrogen-bond acceptors (Lipinski definition) is 6. The van der Waals surface area contributed by atoms with Crippen LogP contribution in [-0.2, 0) is 9.53 Å². The molecule has 3 aromatic rings. The summed E-state index contributed by atoms with van der Waals surface area (Å²) < 4.78 is 62.6. The Morgan fingerprint density at radius 3 is 2.36 bits per heavy atom. The van der Waals surface area contributed by atoms with E-state index in [1.54, 1.807) is 36.4 Å². The van der Waals surface area contributed by atoms with E-state index in [2.05, 4.69) is 20.4 Å². The van der Waals surface area contributed by atoms with Gasteiger partial charge in [-0.3, -0.25) is 14.5 Å². The van der Waals surface area contributed by atoms with Gasteiger partial charge in [-0.2, -0.15) is 4.39 Å². The molecule has 5 rings (SSSR count). The molecule has 8 nitrogen and oxygen atoms in total. The second-order valence-electron chi connectivity index (χ2n) is 9.22. The fourth-order valence-corrected chi connectivity index (χ4v) is 4.56. The van der Waals surface area contributed by atoms with Crippen molar-refractivity contribution in [2.75, 3.05) is 36.9 Å². The lowest BCUT2D eigenvalue weighted by atomic mass is 10.1. The van der Waals surface area contributed by atoms with Crippen LogP contribution < -0.4 is 15.4 Å². The van der Waals surface area contributed by atoms with E-state index in [1.165, 1.54) is 12.3 Å². The van der Waals surface area contributed by atoms with Crippen molar-refractivity contribution >= 4 is 23.2 Å². The van der Waals surface area contributed by atoms with E-state index in [-0.39, 0.29) is 11.3 Å². The van der Waals surface area contributed by atoms with Crippen LogP contribution in [0.1, 0.15) is 23.2 Å². The van der Waals surface area contributed by atoms with Gasteiger partial charge in [-0.05, 0) is 60.9 Å². The van der Waals surface area contributed by atoms with Crippen molar-refractivity contribution in [3.8, 4) is 16.9 Å². The molecule has 2 amide bonds. The van der Waals surface area contributed by atoms with Crippen LogP contribution in [0.15, 0.2) is 60.8 Å². The van der Waals surface area contributed by atoms with Crippen LogP contribution in [0.5, 0.6) is 5.75 Å².